The lowest BCUT2D eigenvalue weighted by Gasteiger charge is -2.28. The van der Waals surface area contributed by atoms with Crippen molar-refractivity contribution in [3.8, 4) is 0 Å². The molecule has 2 heterocycles. The van der Waals surface area contributed by atoms with Gasteiger partial charge >= 0.3 is 12.0 Å². The molecule has 0 spiro atoms. The summed E-state index contributed by atoms with van der Waals surface area (Å²) in [6.07, 6.45) is 0.744. The third-order valence-electron chi connectivity index (χ3n) is 5.87. The number of aliphatic carboxylic acids is 1. The predicted molar refractivity (Wildman–Crippen MR) is 117 cm³/mol. The third kappa shape index (κ3) is 3.95. The minimum atomic E-state index is -1.11. The zero-order chi connectivity index (χ0) is 23.0. The van der Waals surface area contributed by atoms with E-state index in [1.807, 2.05) is 38.1 Å². The van der Waals surface area contributed by atoms with E-state index in [0.717, 1.165) is 16.0 Å². The van der Waals surface area contributed by atoms with Gasteiger partial charge in [0.25, 0.3) is 11.8 Å². The molecule has 0 radical (unpaired) electrons. The topological polar surface area (TPSA) is 107 Å². The Morgan fingerprint density at radius 1 is 1.09 bits per heavy atom. The van der Waals surface area contributed by atoms with Crippen LogP contribution in [0, 0.1) is 5.92 Å². The number of nitrogens with one attached hydrogen (secondary N) is 1. The molecule has 2 aromatic carbocycles. The second-order valence-electron chi connectivity index (χ2n) is 8.62. The number of anilines is 1. The van der Waals surface area contributed by atoms with Crippen LogP contribution in [0.3, 0.4) is 0 Å². The zero-order valence-electron chi connectivity index (χ0n) is 17.9. The van der Waals surface area contributed by atoms with Crippen LogP contribution in [-0.4, -0.2) is 45.9 Å². The van der Waals surface area contributed by atoms with Gasteiger partial charge in [-0.15, -0.1) is 0 Å². The van der Waals surface area contributed by atoms with Crippen molar-refractivity contribution in [2.45, 2.75) is 45.3 Å². The van der Waals surface area contributed by atoms with Gasteiger partial charge in [-0.3, -0.25) is 9.59 Å². The number of fused-ring (bicyclic) bond motifs is 2. The lowest BCUT2D eigenvalue weighted by atomic mass is 9.95. The summed E-state index contributed by atoms with van der Waals surface area (Å²) in [6, 6.07) is 11.9. The highest BCUT2D eigenvalue weighted by Gasteiger charge is 2.47. The molecule has 0 aromatic heterocycles. The van der Waals surface area contributed by atoms with Crippen LogP contribution in [0.5, 0.6) is 0 Å². The molecule has 8 heteroatoms. The van der Waals surface area contributed by atoms with Crippen molar-refractivity contribution in [3.05, 3.63) is 65.2 Å². The van der Waals surface area contributed by atoms with Crippen molar-refractivity contribution in [2.24, 2.45) is 5.92 Å². The van der Waals surface area contributed by atoms with Gasteiger partial charge < -0.3 is 15.3 Å². The van der Waals surface area contributed by atoms with Crippen LogP contribution in [0.15, 0.2) is 48.5 Å². The standard InChI is InChI=1S/C24H25N3O5/c1-14(2)10-19(23(30)31)25-21(28)16-8-5-9-18(11-16)27-22(29)20-12-15-6-3-4-7-17(15)13-26(20)24(27)32/h3-9,11,14,19-20H,10,12-13H2,1-2H3,(H,25,28)(H,30,31)/t19-,20+/m1/s1. The fraction of sp³-hybridized carbons (Fsp3) is 0.333. The second kappa shape index (κ2) is 8.45. The van der Waals surface area contributed by atoms with Gasteiger partial charge in [0.05, 0.1) is 5.69 Å². The Labute approximate surface area is 185 Å². The number of rotatable bonds is 6. The number of hydrogen-bond donors (Lipinski definition) is 2. The number of nitrogens with zero attached hydrogens (tertiary/aromatic N) is 2. The number of imide groups is 1. The van der Waals surface area contributed by atoms with Crippen molar-refractivity contribution in [1.82, 2.24) is 10.2 Å². The summed E-state index contributed by atoms with van der Waals surface area (Å²) >= 11 is 0. The lowest BCUT2D eigenvalue weighted by Crippen LogP contribution is -2.41. The summed E-state index contributed by atoms with van der Waals surface area (Å²) in [7, 11) is 0. The number of carbonyl (C=O) groups excluding carboxylic acids is 3. The van der Waals surface area contributed by atoms with Crippen LogP contribution in [-0.2, 0) is 22.6 Å². The predicted octanol–water partition coefficient (Wildman–Crippen LogP) is 2.81. The maximum atomic E-state index is 13.1. The first kappa shape index (κ1) is 21.5. The monoisotopic (exact) mass is 435 g/mol. The maximum absolute atomic E-state index is 13.1. The molecule has 2 N–H and O–H groups in total. The van der Waals surface area contributed by atoms with Gasteiger partial charge in [-0.05, 0) is 41.7 Å². The van der Waals surface area contributed by atoms with Gasteiger partial charge in [0.1, 0.15) is 12.1 Å². The van der Waals surface area contributed by atoms with E-state index in [1.165, 1.54) is 12.1 Å². The Hall–Kier alpha value is -3.68. The SMILES string of the molecule is CC(C)C[C@@H](NC(=O)c1cccc(N2C(=O)[C@@H]3Cc4ccccc4CN3C2=O)c1)C(=O)O. The molecule has 0 saturated carbocycles. The average Bonchev–Trinajstić information content (AvgIpc) is 3.01. The molecule has 2 aliphatic heterocycles. The van der Waals surface area contributed by atoms with Gasteiger partial charge in [-0.2, -0.15) is 0 Å². The Bertz CT molecular complexity index is 1050. The van der Waals surface area contributed by atoms with E-state index >= 15 is 0 Å². The minimum Gasteiger partial charge on any atom is -0.480 e. The molecule has 1 fully saturated rings. The van der Waals surface area contributed by atoms with E-state index in [2.05, 4.69) is 5.32 Å². The fourth-order valence-electron chi connectivity index (χ4n) is 4.27. The molecular weight excluding hydrogens is 410 g/mol. The largest absolute Gasteiger partial charge is 0.480 e. The lowest BCUT2D eigenvalue weighted by molar-refractivity contribution is -0.139. The van der Waals surface area contributed by atoms with Crippen LogP contribution < -0.4 is 10.2 Å². The molecule has 0 unspecified atom stereocenters. The van der Waals surface area contributed by atoms with Crippen LogP contribution in [0.1, 0.15) is 41.8 Å². The average molecular weight is 435 g/mol. The zero-order valence-corrected chi connectivity index (χ0v) is 17.9. The molecule has 0 aliphatic carbocycles. The van der Waals surface area contributed by atoms with E-state index in [4.69, 9.17) is 0 Å². The summed E-state index contributed by atoms with van der Waals surface area (Å²) in [5.41, 5.74) is 2.55. The van der Waals surface area contributed by atoms with Gasteiger partial charge in [0.15, 0.2) is 0 Å². The van der Waals surface area contributed by atoms with E-state index in [9.17, 15) is 24.3 Å². The summed E-state index contributed by atoms with van der Waals surface area (Å²) in [4.78, 5) is 53.0. The summed E-state index contributed by atoms with van der Waals surface area (Å²) < 4.78 is 0. The number of hydrogen-bond acceptors (Lipinski definition) is 4. The normalized spacial score (nSPS) is 18.4. The Kier molecular flexibility index (Phi) is 5.69. The molecular formula is C24H25N3O5. The van der Waals surface area contributed by atoms with E-state index < -0.39 is 30.0 Å². The Morgan fingerprint density at radius 2 is 1.81 bits per heavy atom. The number of carboxylic acids is 1. The molecule has 2 atom stereocenters. The molecule has 2 aromatic rings. The van der Waals surface area contributed by atoms with Crippen LogP contribution in [0.2, 0.25) is 0 Å². The smallest absolute Gasteiger partial charge is 0.332 e. The van der Waals surface area contributed by atoms with Crippen molar-refractivity contribution in [3.63, 3.8) is 0 Å². The van der Waals surface area contributed by atoms with Gasteiger partial charge in [-0.1, -0.05) is 44.2 Å². The number of urea groups is 1. The van der Waals surface area contributed by atoms with Gasteiger partial charge in [-0.25, -0.2) is 14.5 Å². The number of carbonyl (C=O) groups is 4. The van der Waals surface area contributed by atoms with E-state index in [-0.39, 0.29) is 17.4 Å². The maximum Gasteiger partial charge on any atom is 0.332 e. The molecule has 0 bridgehead atoms. The Balaban J connectivity index is 1.56. The summed E-state index contributed by atoms with van der Waals surface area (Å²) in [5.74, 6) is -1.91. The fourth-order valence-corrected chi connectivity index (χ4v) is 4.27. The van der Waals surface area contributed by atoms with Gasteiger partial charge in [0.2, 0.25) is 0 Å². The number of benzene rings is 2. The van der Waals surface area contributed by atoms with Crippen molar-refractivity contribution in [1.29, 1.82) is 0 Å². The Morgan fingerprint density at radius 3 is 2.50 bits per heavy atom. The first-order chi connectivity index (χ1) is 15.3. The van der Waals surface area contributed by atoms with E-state index in [1.54, 1.807) is 17.0 Å². The highest BCUT2D eigenvalue weighted by Crippen LogP contribution is 2.33. The summed E-state index contributed by atoms with van der Waals surface area (Å²) in [5, 5.41) is 11.9. The molecule has 8 nitrogen and oxygen atoms in total. The molecule has 166 valence electrons. The molecule has 1 saturated heterocycles. The van der Waals surface area contributed by atoms with Crippen molar-refractivity contribution in [2.75, 3.05) is 4.90 Å². The highest BCUT2D eigenvalue weighted by atomic mass is 16.4. The first-order valence-electron chi connectivity index (χ1n) is 10.6. The minimum absolute atomic E-state index is 0.0871. The quantitative estimate of drug-likeness (QED) is 0.679. The van der Waals surface area contributed by atoms with Crippen LogP contribution in [0.25, 0.3) is 0 Å². The highest BCUT2D eigenvalue weighted by molar-refractivity contribution is 6.21. The molecule has 2 aliphatic rings. The van der Waals surface area contributed by atoms with Crippen molar-refractivity contribution < 1.29 is 24.3 Å². The molecule has 4 amide bonds. The molecule has 32 heavy (non-hydrogen) atoms. The first-order valence-corrected chi connectivity index (χ1v) is 10.6. The van der Waals surface area contributed by atoms with E-state index in [0.29, 0.717) is 25.1 Å². The summed E-state index contributed by atoms with van der Waals surface area (Å²) in [6.45, 7) is 4.11. The third-order valence-corrected chi connectivity index (χ3v) is 5.87. The van der Waals surface area contributed by atoms with Crippen LogP contribution in [0.4, 0.5) is 10.5 Å². The number of carboxylic acid groups (broad SMARTS) is 1. The second-order valence-corrected chi connectivity index (χ2v) is 8.62. The molecule has 4 rings (SSSR count). The number of amides is 4. The van der Waals surface area contributed by atoms with Gasteiger partial charge in [0, 0.05) is 18.5 Å². The van der Waals surface area contributed by atoms with Crippen LogP contribution >= 0.6 is 0 Å². The van der Waals surface area contributed by atoms with Crippen molar-refractivity contribution >= 4 is 29.5 Å².